The predicted molar refractivity (Wildman–Crippen MR) is 157 cm³/mol. The van der Waals surface area contributed by atoms with Crippen LogP contribution in [0, 0.1) is 0 Å². The molecule has 0 aliphatic carbocycles. The smallest absolute Gasteiger partial charge is 0.289 e. The van der Waals surface area contributed by atoms with E-state index in [2.05, 4.69) is 20.9 Å². The molecular formula is C29H30Cl2N4O4S. The monoisotopic (exact) mass is 600 g/mol. The third kappa shape index (κ3) is 9.08. The molecule has 2 atom stereocenters. The number of hydrogen-bond acceptors (Lipinski definition) is 6. The Labute approximate surface area is 247 Å². The molecule has 210 valence electrons. The molecule has 2 aromatic carbocycles. The Morgan fingerprint density at radius 3 is 2.30 bits per heavy atom. The number of halogens is 2. The van der Waals surface area contributed by atoms with Gasteiger partial charge in [0.1, 0.15) is 12.1 Å². The summed E-state index contributed by atoms with van der Waals surface area (Å²) in [7, 11) is 0. The zero-order chi connectivity index (χ0) is 29.3. The molecule has 40 heavy (non-hydrogen) atoms. The lowest BCUT2D eigenvalue weighted by Crippen LogP contribution is -2.55. The minimum Gasteiger partial charge on any atom is -0.344 e. The standard InChI is InChI=1S/C29H30Cl2N4O4S/c1-18(34-28(39)29(2,3)40-24-13-12-20(30)16-22(24)31)26(37)35-23(15-19-9-5-4-6-10-19)25(36)27(38)33-17-21-11-7-8-14-32-21/h4-14,16,18,23H,15,17H2,1-3H3,(H,33,38)(H,34,39)(H,35,37)/t18-,23-/m1/s1. The lowest BCUT2D eigenvalue weighted by atomic mass is 10.0. The van der Waals surface area contributed by atoms with Crippen molar-refractivity contribution >= 4 is 58.5 Å². The highest BCUT2D eigenvalue weighted by Gasteiger charge is 2.33. The van der Waals surface area contributed by atoms with Gasteiger partial charge in [0.15, 0.2) is 0 Å². The summed E-state index contributed by atoms with van der Waals surface area (Å²) in [5, 5.41) is 8.78. The molecular weight excluding hydrogens is 571 g/mol. The number of aromatic nitrogens is 1. The normalized spacial score (nSPS) is 12.6. The lowest BCUT2D eigenvalue weighted by molar-refractivity contribution is -0.140. The average molecular weight is 602 g/mol. The molecule has 3 amide bonds. The number of hydrogen-bond donors (Lipinski definition) is 3. The maximum absolute atomic E-state index is 13.1. The van der Waals surface area contributed by atoms with E-state index in [1.54, 1.807) is 80.7 Å². The van der Waals surface area contributed by atoms with E-state index in [0.717, 1.165) is 5.56 Å². The largest absolute Gasteiger partial charge is 0.344 e. The topological polar surface area (TPSA) is 117 Å². The van der Waals surface area contributed by atoms with Gasteiger partial charge in [-0.2, -0.15) is 0 Å². The van der Waals surface area contributed by atoms with E-state index in [1.165, 1.54) is 18.7 Å². The molecule has 0 fully saturated rings. The Balaban J connectivity index is 1.66. The first-order valence-corrected chi connectivity index (χ1v) is 14.0. The summed E-state index contributed by atoms with van der Waals surface area (Å²) in [6.07, 6.45) is 1.68. The highest BCUT2D eigenvalue weighted by Crippen LogP contribution is 2.38. The number of benzene rings is 2. The number of pyridine rings is 1. The summed E-state index contributed by atoms with van der Waals surface area (Å²) >= 11 is 13.5. The summed E-state index contributed by atoms with van der Waals surface area (Å²) in [6, 6.07) is 17.1. The van der Waals surface area contributed by atoms with Crippen molar-refractivity contribution in [2.24, 2.45) is 0 Å². The van der Waals surface area contributed by atoms with Crippen LogP contribution in [-0.2, 0) is 32.1 Å². The first-order valence-electron chi connectivity index (χ1n) is 12.5. The first-order chi connectivity index (χ1) is 19.0. The molecule has 1 aromatic heterocycles. The molecule has 3 N–H and O–H groups in total. The van der Waals surface area contributed by atoms with Crippen molar-refractivity contribution in [2.45, 2.75) is 55.5 Å². The molecule has 0 unspecified atom stereocenters. The minimum atomic E-state index is -1.15. The lowest BCUT2D eigenvalue weighted by Gasteiger charge is -2.26. The van der Waals surface area contributed by atoms with Crippen LogP contribution in [-0.4, -0.2) is 45.3 Å². The van der Waals surface area contributed by atoms with E-state index < -0.39 is 40.3 Å². The van der Waals surface area contributed by atoms with Gasteiger partial charge in [-0.1, -0.05) is 59.6 Å². The molecule has 8 nitrogen and oxygen atoms in total. The van der Waals surface area contributed by atoms with Gasteiger partial charge in [-0.3, -0.25) is 24.2 Å². The average Bonchev–Trinajstić information content (AvgIpc) is 2.93. The van der Waals surface area contributed by atoms with Crippen LogP contribution in [0.3, 0.4) is 0 Å². The molecule has 0 aliphatic rings. The number of amides is 3. The second-order valence-corrected chi connectivity index (χ2v) is 12.0. The van der Waals surface area contributed by atoms with Gasteiger partial charge < -0.3 is 16.0 Å². The SMILES string of the molecule is C[C@@H](NC(=O)C(C)(C)Sc1ccc(Cl)cc1Cl)C(=O)N[C@H](Cc1ccccc1)C(=O)C(=O)NCc1ccccn1. The van der Waals surface area contributed by atoms with Gasteiger partial charge in [0.2, 0.25) is 17.6 Å². The second kappa shape index (κ2) is 14.3. The summed E-state index contributed by atoms with van der Waals surface area (Å²) in [5.74, 6) is -2.67. The fourth-order valence-corrected chi connectivity index (χ4v) is 5.11. The summed E-state index contributed by atoms with van der Waals surface area (Å²) in [6.45, 7) is 4.98. The first kappa shape index (κ1) is 31.1. The van der Waals surface area contributed by atoms with Crippen LogP contribution in [0.4, 0.5) is 0 Å². The van der Waals surface area contributed by atoms with Crippen molar-refractivity contribution in [3.05, 3.63) is 94.2 Å². The van der Waals surface area contributed by atoms with E-state index in [0.29, 0.717) is 20.6 Å². The number of Topliss-reactive ketones (excluding diaryl/α,β-unsaturated/α-hetero) is 1. The Hall–Kier alpha value is -3.40. The van der Waals surface area contributed by atoms with E-state index in [9.17, 15) is 19.2 Å². The minimum absolute atomic E-state index is 0.0638. The van der Waals surface area contributed by atoms with Crippen LogP contribution in [0.25, 0.3) is 0 Å². The van der Waals surface area contributed by atoms with Gasteiger partial charge in [-0.25, -0.2) is 0 Å². The molecule has 3 aromatic rings. The molecule has 0 aliphatic heterocycles. The fraction of sp³-hybridized carbons (Fsp3) is 0.276. The number of rotatable bonds is 12. The second-order valence-electron chi connectivity index (χ2n) is 9.50. The molecule has 0 saturated heterocycles. The molecule has 1 heterocycles. The molecule has 0 spiro atoms. The Morgan fingerprint density at radius 2 is 1.65 bits per heavy atom. The Kier molecular flexibility index (Phi) is 11.1. The van der Waals surface area contributed by atoms with Gasteiger partial charge in [0.25, 0.3) is 5.91 Å². The molecule has 11 heteroatoms. The van der Waals surface area contributed by atoms with Gasteiger partial charge in [0, 0.05) is 22.5 Å². The summed E-state index contributed by atoms with van der Waals surface area (Å²) in [4.78, 5) is 56.8. The fourth-order valence-electron chi connectivity index (χ4n) is 3.59. The zero-order valence-electron chi connectivity index (χ0n) is 22.2. The van der Waals surface area contributed by atoms with Gasteiger partial charge in [0.05, 0.1) is 22.0 Å². The maximum Gasteiger partial charge on any atom is 0.289 e. The van der Waals surface area contributed by atoms with E-state index in [4.69, 9.17) is 23.2 Å². The van der Waals surface area contributed by atoms with E-state index in [1.807, 2.05) is 6.07 Å². The molecule has 0 radical (unpaired) electrons. The highest BCUT2D eigenvalue weighted by atomic mass is 35.5. The molecule has 0 bridgehead atoms. The van der Waals surface area contributed by atoms with Crippen molar-refractivity contribution in [2.75, 3.05) is 0 Å². The number of carbonyl (C=O) groups is 4. The van der Waals surface area contributed by atoms with Crippen molar-refractivity contribution in [3.8, 4) is 0 Å². The quantitative estimate of drug-likeness (QED) is 0.210. The van der Waals surface area contributed by atoms with Crippen LogP contribution in [0.15, 0.2) is 77.8 Å². The van der Waals surface area contributed by atoms with E-state index >= 15 is 0 Å². The predicted octanol–water partition coefficient (Wildman–Crippen LogP) is 4.38. The van der Waals surface area contributed by atoms with Gasteiger partial charge in [-0.15, -0.1) is 11.8 Å². The van der Waals surface area contributed by atoms with Crippen molar-refractivity contribution in [3.63, 3.8) is 0 Å². The van der Waals surface area contributed by atoms with Crippen molar-refractivity contribution in [1.29, 1.82) is 0 Å². The number of carbonyl (C=O) groups excluding carboxylic acids is 4. The number of nitrogens with zero attached hydrogens (tertiary/aromatic N) is 1. The molecule has 0 saturated carbocycles. The van der Waals surface area contributed by atoms with Gasteiger partial charge in [-0.05, 0) is 56.7 Å². The molecule has 3 rings (SSSR count). The third-order valence-electron chi connectivity index (χ3n) is 5.84. The van der Waals surface area contributed by atoms with E-state index in [-0.39, 0.29) is 13.0 Å². The number of thioether (sulfide) groups is 1. The third-order valence-corrected chi connectivity index (χ3v) is 7.77. The summed E-state index contributed by atoms with van der Waals surface area (Å²) in [5.41, 5.74) is 1.34. The van der Waals surface area contributed by atoms with Crippen LogP contribution in [0.5, 0.6) is 0 Å². The number of ketones is 1. The summed E-state index contributed by atoms with van der Waals surface area (Å²) < 4.78 is -0.989. The Morgan fingerprint density at radius 1 is 0.950 bits per heavy atom. The maximum atomic E-state index is 13.1. The Bertz CT molecular complexity index is 1360. The van der Waals surface area contributed by atoms with Gasteiger partial charge >= 0.3 is 0 Å². The van der Waals surface area contributed by atoms with Crippen LogP contribution in [0.2, 0.25) is 10.0 Å². The zero-order valence-corrected chi connectivity index (χ0v) is 24.6. The number of nitrogens with one attached hydrogen (secondary N) is 3. The van der Waals surface area contributed by atoms with Crippen LogP contribution < -0.4 is 16.0 Å². The van der Waals surface area contributed by atoms with Crippen LogP contribution >= 0.6 is 35.0 Å². The highest BCUT2D eigenvalue weighted by molar-refractivity contribution is 8.01. The van der Waals surface area contributed by atoms with Crippen molar-refractivity contribution in [1.82, 2.24) is 20.9 Å². The van der Waals surface area contributed by atoms with Crippen LogP contribution in [0.1, 0.15) is 32.0 Å². The van der Waals surface area contributed by atoms with Crippen molar-refractivity contribution < 1.29 is 19.2 Å².